The van der Waals surface area contributed by atoms with Gasteiger partial charge in [0.2, 0.25) is 5.91 Å². The largest absolute Gasteiger partial charge is 0.325 e. The minimum atomic E-state index is -0.582. The van der Waals surface area contributed by atoms with E-state index in [0.717, 1.165) is 5.56 Å². The van der Waals surface area contributed by atoms with Crippen molar-refractivity contribution >= 4 is 23.2 Å². The molecular weight excluding hydrogens is 309 g/mol. The summed E-state index contributed by atoms with van der Waals surface area (Å²) in [5, 5.41) is 5.44. The topological polar surface area (TPSA) is 61.4 Å². The van der Waals surface area contributed by atoms with Crippen molar-refractivity contribution in [2.24, 2.45) is 0 Å². The van der Waals surface area contributed by atoms with Gasteiger partial charge in [-0.1, -0.05) is 18.2 Å². The molecule has 5 nitrogen and oxygen atoms in total. The Bertz CT molecular complexity index is 760. The van der Waals surface area contributed by atoms with Crippen molar-refractivity contribution in [3.8, 4) is 0 Å². The van der Waals surface area contributed by atoms with E-state index in [4.69, 9.17) is 0 Å². The van der Waals surface area contributed by atoms with Gasteiger partial charge >= 0.3 is 0 Å². The fraction of sp³-hybridized carbons (Fsp3) is 0.222. The highest BCUT2D eigenvalue weighted by Gasteiger charge is 2.12. The lowest BCUT2D eigenvalue weighted by atomic mass is 10.1. The summed E-state index contributed by atoms with van der Waals surface area (Å²) in [6.45, 7) is 2.11. The fourth-order valence-electron chi connectivity index (χ4n) is 2.16. The number of likely N-dealkylation sites (N-methyl/N-ethyl adjacent to an activating group) is 1. The van der Waals surface area contributed by atoms with Crippen molar-refractivity contribution in [2.75, 3.05) is 31.3 Å². The van der Waals surface area contributed by atoms with E-state index in [1.807, 2.05) is 6.92 Å². The smallest absolute Gasteiger partial charge is 0.258 e. The molecule has 2 N–H and O–H groups in total. The summed E-state index contributed by atoms with van der Waals surface area (Å²) in [6, 6.07) is 10.9. The Balaban J connectivity index is 2.14. The lowest BCUT2D eigenvalue weighted by molar-refractivity contribution is -0.116. The first-order chi connectivity index (χ1) is 11.4. The zero-order valence-corrected chi connectivity index (χ0v) is 13.9. The van der Waals surface area contributed by atoms with Crippen molar-refractivity contribution in [2.45, 2.75) is 6.92 Å². The normalized spacial score (nSPS) is 10.5. The van der Waals surface area contributed by atoms with Crippen LogP contribution in [0.25, 0.3) is 0 Å². The van der Waals surface area contributed by atoms with Crippen LogP contribution in [-0.2, 0) is 4.79 Å². The number of anilines is 2. The van der Waals surface area contributed by atoms with Gasteiger partial charge in [-0.05, 0) is 50.8 Å². The number of nitrogens with zero attached hydrogens (tertiary/aromatic N) is 1. The van der Waals surface area contributed by atoms with Crippen LogP contribution in [0.1, 0.15) is 15.9 Å². The molecule has 2 rings (SSSR count). The molecular formula is C18H20FN3O2. The first-order valence-corrected chi connectivity index (χ1v) is 7.48. The highest BCUT2D eigenvalue weighted by atomic mass is 19.1. The minimum absolute atomic E-state index is 0.0312. The van der Waals surface area contributed by atoms with E-state index in [1.165, 1.54) is 18.2 Å². The number of rotatable bonds is 5. The maximum absolute atomic E-state index is 13.7. The second-order valence-corrected chi connectivity index (χ2v) is 5.75. The van der Waals surface area contributed by atoms with Gasteiger partial charge in [0.15, 0.2) is 0 Å². The third-order valence-corrected chi connectivity index (χ3v) is 3.35. The first kappa shape index (κ1) is 17.6. The number of halogens is 1. The van der Waals surface area contributed by atoms with E-state index < -0.39 is 11.7 Å². The molecule has 0 bridgehead atoms. The molecule has 0 radical (unpaired) electrons. The first-order valence-electron chi connectivity index (χ1n) is 7.48. The molecule has 0 aliphatic carbocycles. The number of hydrogen-bond acceptors (Lipinski definition) is 3. The molecule has 24 heavy (non-hydrogen) atoms. The van der Waals surface area contributed by atoms with Crippen LogP contribution in [0.3, 0.4) is 0 Å². The molecule has 0 atom stereocenters. The lowest BCUT2D eigenvalue weighted by Crippen LogP contribution is -2.27. The Hall–Kier alpha value is -2.73. The number of nitrogens with one attached hydrogen (secondary N) is 2. The van der Waals surface area contributed by atoms with E-state index in [-0.39, 0.29) is 18.0 Å². The SMILES string of the molecule is Cc1ccc(NC(=O)c2ccccc2F)cc1NC(=O)CN(C)C. The van der Waals surface area contributed by atoms with Gasteiger partial charge in [0.1, 0.15) is 5.82 Å². The number of hydrogen-bond donors (Lipinski definition) is 2. The number of carbonyl (C=O) groups is 2. The number of benzene rings is 2. The zero-order chi connectivity index (χ0) is 17.7. The van der Waals surface area contributed by atoms with Crippen molar-refractivity contribution in [3.63, 3.8) is 0 Å². The Morgan fingerprint density at radius 3 is 2.46 bits per heavy atom. The van der Waals surface area contributed by atoms with Crippen molar-refractivity contribution in [1.82, 2.24) is 4.90 Å². The monoisotopic (exact) mass is 329 g/mol. The van der Waals surface area contributed by atoms with Crippen molar-refractivity contribution < 1.29 is 14.0 Å². The third-order valence-electron chi connectivity index (χ3n) is 3.35. The average molecular weight is 329 g/mol. The van der Waals surface area contributed by atoms with Crippen LogP contribution >= 0.6 is 0 Å². The second kappa shape index (κ2) is 7.70. The number of carbonyl (C=O) groups excluding carboxylic acids is 2. The second-order valence-electron chi connectivity index (χ2n) is 5.75. The van der Waals surface area contributed by atoms with Crippen LogP contribution in [0.15, 0.2) is 42.5 Å². The van der Waals surface area contributed by atoms with Crippen LogP contribution in [0.2, 0.25) is 0 Å². The zero-order valence-electron chi connectivity index (χ0n) is 13.9. The summed E-state index contributed by atoms with van der Waals surface area (Å²) in [4.78, 5) is 25.8. The molecule has 126 valence electrons. The predicted molar refractivity (Wildman–Crippen MR) is 92.7 cm³/mol. The average Bonchev–Trinajstić information content (AvgIpc) is 2.50. The van der Waals surface area contributed by atoms with Gasteiger partial charge in [0.25, 0.3) is 5.91 Å². The minimum Gasteiger partial charge on any atom is -0.325 e. The van der Waals surface area contributed by atoms with E-state index >= 15 is 0 Å². The van der Waals surface area contributed by atoms with E-state index in [2.05, 4.69) is 10.6 Å². The van der Waals surface area contributed by atoms with Gasteiger partial charge < -0.3 is 15.5 Å². The maximum Gasteiger partial charge on any atom is 0.258 e. The van der Waals surface area contributed by atoms with E-state index in [0.29, 0.717) is 11.4 Å². The summed E-state index contributed by atoms with van der Waals surface area (Å²) in [5.74, 6) is -1.27. The predicted octanol–water partition coefficient (Wildman–Crippen LogP) is 2.89. The molecule has 0 aromatic heterocycles. The standard InChI is InChI=1S/C18H20FN3O2/c1-12-8-9-13(10-16(12)21-17(23)11-22(2)3)20-18(24)14-6-4-5-7-15(14)19/h4-10H,11H2,1-3H3,(H,20,24)(H,21,23). The van der Waals surface area contributed by atoms with Crippen LogP contribution in [0.5, 0.6) is 0 Å². The van der Waals surface area contributed by atoms with E-state index in [1.54, 1.807) is 43.3 Å². The molecule has 0 spiro atoms. The number of amides is 2. The molecule has 0 fully saturated rings. The molecule has 2 amide bonds. The van der Waals surface area contributed by atoms with Gasteiger partial charge in [-0.15, -0.1) is 0 Å². The van der Waals surface area contributed by atoms with Crippen LogP contribution in [0.4, 0.5) is 15.8 Å². The van der Waals surface area contributed by atoms with Gasteiger partial charge in [0, 0.05) is 11.4 Å². The van der Waals surface area contributed by atoms with Crippen LogP contribution in [0, 0.1) is 12.7 Å². The summed E-state index contributed by atoms with van der Waals surface area (Å²) in [6.07, 6.45) is 0. The van der Waals surface area contributed by atoms with Crippen molar-refractivity contribution in [3.05, 3.63) is 59.4 Å². The highest BCUT2D eigenvalue weighted by molar-refractivity contribution is 6.05. The molecule has 0 heterocycles. The molecule has 0 unspecified atom stereocenters. The quantitative estimate of drug-likeness (QED) is 0.887. The Labute approximate surface area is 140 Å². The molecule has 6 heteroatoms. The molecule has 0 aliphatic heterocycles. The molecule has 0 saturated carbocycles. The molecule has 2 aromatic rings. The molecule has 2 aromatic carbocycles. The maximum atomic E-state index is 13.7. The van der Waals surface area contributed by atoms with Crippen LogP contribution < -0.4 is 10.6 Å². The van der Waals surface area contributed by atoms with Gasteiger partial charge in [-0.2, -0.15) is 0 Å². The van der Waals surface area contributed by atoms with Crippen molar-refractivity contribution in [1.29, 1.82) is 0 Å². The van der Waals surface area contributed by atoms with Gasteiger partial charge in [-0.3, -0.25) is 9.59 Å². The third kappa shape index (κ3) is 4.63. The van der Waals surface area contributed by atoms with Gasteiger partial charge in [-0.25, -0.2) is 4.39 Å². The molecule has 0 saturated heterocycles. The summed E-state index contributed by atoms with van der Waals surface area (Å²) >= 11 is 0. The van der Waals surface area contributed by atoms with E-state index in [9.17, 15) is 14.0 Å². The molecule has 0 aliphatic rings. The summed E-state index contributed by atoms with van der Waals surface area (Å²) in [5.41, 5.74) is 1.92. The Kier molecular flexibility index (Phi) is 5.65. The van der Waals surface area contributed by atoms with Gasteiger partial charge in [0.05, 0.1) is 12.1 Å². The van der Waals surface area contributed by atoms with Crippen LogP contribution in [-0.4, -0.2) is 37.4 Å². The lowest BCUT2D eigenvalue weighted by Gasteiger charge is -2.14. The Morgan fingerprint density at radius 2 is 1.79 bits per heavy atom. The Morgan fingerprint density at radius 1 is 1.08 bits per heavy atom. The highest BCUT2D eigenvalue weighted by Crippen LogP contribution is 2.21. The summed E-state index contributed by atoms with van der Waals surface area (Å²) < 4.78 is 13.7. The fourth-order valence-corrected chi connectivity index (χ4v) is 2.16. The number of aryl methyl sites for hydroxylation is 1. The summed E-state index contributed by atoms with van der Waals surface area (Å²) in [7, 11) is 3.61.